The van der Waals surface area contributed by atoms with Crippen LogP contribution in [0.1, 0.15) is 53.9 Å². The van der Waals surface area contributed by atoms with Crippen LogP contribution in [0.4, 0.5) is 10.5 Å². The van der Waals surface area contributed by atoms with Crippen molar-refractivity contribution in [2.45, 2.75) is 65.5 Å². The molecule has 144 valence electrons. The van der Waals surface area contributed by atoms with E-state index >= 15 is 0 Å². The molecule has 0 aliphatic carbocycles. The first-order chi connectivity index (χ1) is 12.2. The number of piperidine rings is 1. The van der Waals surface area contributed by atoms with Crippen LogP contribution in [0.25, 0.3) is 0 Å². The highest BCUT2D eigenvalue weighted by Gasteiger charge is 2.34. The fourth-order valence-corrected chi connectivity index (χ4v) is 3.47. The Morgan fingerprint density at radius 2 is 1.92 bits per heavy atom. The van der Waals surface area contributed by atoms with E-state index in [2.05, 4.69) is 6.92 Å². The molecule has 1 saturated heterocycles. The number of hydrogen-bond acceptors (Lipinski definition) is 3. The second-order valence-corrected chi connectivity index (χ2v) is 8.02. The molecule has 1 fully saturated rings. The van der Waals surface area contributed by atoms with Crippen LogP contribution in [0, 0.1) is 5.92 Å². The Hall–Kier alpha value is -2.04. The van der Waals surface area contributed by atoms with Gasteiger partial charge < -0.3 is 14.5 Å². The average molecular weight is 360 g/mol. The Morgan fingerprint density at radius 1 is 1.27 bits per heavy atom. The van der Waals surface area contributed by atoms with Gasteiger partial charge in [-0.1, -0.05) is 25.1 Å². The number of carbonyl (C=O) groups excluding carboxylic acids is 2. The van der Waals surface area contributed by atoms with E-state index in [9.17, 15) is 9.59 Å². The topological polar surface area (TPSA) is 49.9 Å². The number of para-hydroxylation sites is 1. The maximum Gasteiger partial charge on any atom is 0.410 e. The first-order valence-electron chi connectivity index (χ1n) is 9.58. The zero-order chi connectivity index (χ0) is 19.3. The summed E-state index contributed by atoms with van der Waals surface area (Å²) >= 11 is 0. The Bertz CT molecular complexity index is 609. The summed E-state index contributed by atoms with van der Waals surface area (Å²) in [5, 5.41) is 0. The van der Waals surface area contributed by atoms with Gasteiger partial charge >= 0.3 is 6.09 Å². The van der Waals surface area contributed by atoms with Crippen LogP contribution >= 0.6 is 0 Å². The molecule has 5 nitrogen and oxygen atoms in total. The molecule has 0 bridgehead atoms. The molecule has 0 spiro atoms. The minimum Gasteiger partial charge on any atom is -0.444 e. The Labute approximate surface area is 157 Å². The van der Waals surface area contributed by atoms with Crippen molar-refractivity contribution in [2.75, 3.05) is 18.0 Å². The lowest BCUT2D eigenvalue weighted by Crippen LogP contribution is -2.50. The van der Waals surface area contributed by atoms with Crippen molar-refractivity contribution in [1.82, 2.24) is 4.90 Å². The average Bonchev–Trinajstić information content (AvgIpc) is 2.61. The van der Waals surface area contributed by atoms with E-state index in [-0.39, 0.29) is 24.0 Å². The van der Waals surface area contributed by atoms with E-state index in [1.807, 2.05) is 62.9 Å². The van der Waals surface area contributed by atoms with Gasteiger partial charge in [0.15, 0.2) is 0 Å². The maximum absolute atomic E-state index is 12.6. The molecule has 2 rings (SSSR count). The van der Waals surface area contributed by atoms with Crippen molar-refractivity contribution in [1.29, 1.82) is 0 Å². The van der Waals surface area contributed by atoms with Gasteiger partial charge in [-0.25, -0.2) is 4.79 Å². The fourth-order valence-electron chi connectivity index (χ4n) is 3.47. The number of ether oxygens (including phenoxy) is 1. The quantitative estimate of drug-likeness (QED) is 0.796. The number of benzene rings is 1. The van der Waals surface area contributed by atoms with Crippen molar-refractivity contribution in [3.05, 3.63) is 30.3 Å². The van der Waals surface area contributed by atoms with Gasteiger partial charge in [0.05, 0.1) is 0 Å². The number of anilines is 1. The summed E-state index contributed by atoms with van der Waals surface area (Å²) in [5.41, 5.74) is 0.422. The lowest BCUT2D eigenvalue weighted by molar-refractivity contribution is -0.119. The van der Waals surface area contributed by atoms with Crippen LogP contribution in [0.3, 0.4) is 0 Å². The van der Waals surface area contributed by atoms with Gasteiger partial charge in [-0.2, -0.15) is 0 Å². The number of amides is 2. The molecule has 0 saturated carbocycles. The summed E-state index contributed by atoms with van der Waals surface area (Å²) < 4.78 is 5.53. The highest BCUT2D eigenvalue weighted by atomic mass is 16.6. The van der Waals surface area contributed by atoms with E-state index < -0.39 is 5.60 Å². The molecule has 2 amide bonds. The van der Waals surface area contributed by atoms with Gasteiger partial charge in [0.2, 0.25) is 5.91 Å². The van der Waals surface area contributed by atoms with E-state index in [1.54, 1.807) is 4.90 Å². The van der Waals surface area contributed by atoms with Crippen molar-refractivity contribution in [2.24, 2.45) is 5.92 Å². The molecule has 1 aliphatic rings. The molecule has 5 heteroatoms. The molecule has 1 aliphatic heterocycles. The largest absolute Gasteiger partial charge is 0.444 e. The molecular weight excluding hydrogens is 328 g/mol. The molecule has 2 atom stereocenters. The van der Waals surface area contributed by atoms with Crippen molar-refractivity contribution < 1.29 is 14.3 Å². The lowest BCUT2D eigenvalue weighted by atomic mass is 9.90. The van der Waals surface area contributed by atoms with Crippen LogP contribution in [-0.2, 0) is 9.53 Å². The van der Waals surface area contributed by atoms with Crippen molar-refractivity contribution >= 4 is 17.7 Å². The number of hydrogen-bond donors (Lipinski definition) is 0. The Balaban J connectivity index is 2.14. The van der Waals surface area contributed by atoms with Crippen LogP contribution in [0.2, 0.25) is 0 Å². The SMILES string of the molecule is CCC(=O)N(c1ccccc1)[C@@H](C)[C@@H]1CCCN(C(=O)OC(C)(C)C)C1. The smallest absolute Gasteiger partial charge is 0.410 e. The standard InChI is InChI=1S/C21H32N2O3/c1-6-19(24)23(18-12-8-7-9-13-18)16(2)17-11-10-14-22(15-17)20(25)26-21(3,4)5/h7-9,12-13,16-17H,6,10-11,14-15H2,1-5H3/t16-,17+/m0/s1. The predicted molar refractivity (Wildman–Crippen MR) is 104 cm³/mol. The summed E-state index contributed by atoms with van der Waals surface area (Å²) in [6.45, 7) is 11.0. The summed E-state index contributed by atoms with van der Waals surface area (Å²) in [4.78, 5) is 28.7. The monoisotopic (exact) mass is 360 g/mol. The molecule has 1 aromatic carbocycles. The predicted octanol–water partition coefficient (Wildman–Crippen LogP) is 4.47. The Morgan fingerprint density at radius 3 is 2.50 bits per heavy atom. The third kappa shape index (κ3) is 5.23. The first kappa shape index (κ1) is 20.3. The first-order valence-corrected chi connectivity index (χ1v) is 9.58. The van der Waals surface area contributed by atoms with Crippen LogP contribution in [0.5, 0.6) is 0 Å². The van der Waals surface area contributed by atoms with Crippen molar-refractivity contribution in [3.8, 4) is 0 Å². The molecule has 26 heavy (non-hydrogen) atoms. The number of rotatable bonds is 4. The Kier molecular flexibility index (Phi) is 6.68. The molecular formula is C21H32N2O3. The fraction of sp³-hybridized carbons (Fsp3) is 0.619. The molecule has 1 heterocycles. The third-order valence-corrected chi connectivity index (χ3v) is 4.80. The van der Waals surface area contributed by atoms with Gasteiger partial charge in [-0.3, -0.25) is 4.79 Å². The zero-order valence-electron chi connectivity index (χ0n) is 16.7. The molecule has 0 unspecified atom stereocenters. The van der Waals surface area contributed by atoms with Crippen LogP contribution in [-0.4, -0.2) is 41.6 Å². The van der Waals surface area contributed by atoms with Gasteiger partial charge in [0.25, 0.3) is 0 Å². The van der Waals surface area contributed by atoms with Gasteiger partial charge in [0.1, 0.15) is 5.60 Å². The lowest BCUT2D eigenvalue weighted by Gasteiger charge is -2.40. The number of carbonyl (C=O) groups is 2. The highest BCUT2D eigenvalue weighted by Crippen LogP contribution is 2.28. The van der Waals surface area contributed by atoms with Crippen molar-refractivity contribution in [3.63, 3.8) is 0 Å². The summed E-state index contributed by atoms with van der Waals surface area (Å²) in [6.07, 6.45) is 2.13. The molecule has 0 aromatic heterocycles. The second-order valence-electron chi connectivity index (χ2n) is 8.02. The summed E-state index contributed by atoms with van der Waals surface area (Å²) in [5.74, 6) is 0.338. The van der Waals surface area contributed by atoms with Gasteiger partial charge in [-0.05, 0) is 58.6 Å². The van der Waals surface area contributed by atoms with E-state index in [4.69, 9.17) is 4.74 Å². The van der Waals surface area contributed by atoms with Gasteiger partial charge in [-0.15, -0.1) is 0 Å². The molecule has 0 radical (unpaired) electrons. The number of nitrogens with zero attached hydrogens (tertiary/aromatic N) is 2. The maximum atomic E-state index is 12.6. The van der Waals surface area contributed by atoms with Gasteiger partial charge in [0, 0.05) is 31.2 Å². The molecule has 0 N–H and O–H groups in total. The summed E-state index contributed by atoms with van der Waals surface area (Å²) in [7, 11) is 0. The van der Waals surface area contributed by atoms with E-state index in [1.165, 1.54) is 0 Å². The number of likely N-dealkylation sites (tertiary alicyclic amines) is 1. The third-order valence-electron chi connectivity index (χ3n) is 4.80. The summed E-state index contributed by atoms with van der Waals surface area (Å²) in [6, 6.07) is 9.82. The normalized spacial score (nSPS) is 19.0. The zero-order valence-corrected chi connectivity index (χ0v) is 16.7. The van der Waals surface area contributed by atoms with E-state index in [0.717, 1.165) is 18.5 Å². The van der Waals surface area contributed by atoms with E-state index in [0.29, 0.717) is 19.5 Å². The van der Waals surface area contributed by atoms with Crippen LogP contribution < -0.4 is 4.90 Å². The minimum atomic E-state index is -0.496. The molecule has 1 aromatic rings. The van der Waals surface area contributed by atoms with Crippen LogP contribution in [0.15, 0.2) is 30.3 Å². The minimum absolute atomic E-state index is 0.0232. The highest BCUT2D eigenvalue weighted by molar-refractivity contribution is 5.93. The second kappa shape index (κ2) is 8.56.